The summed E-state index contributed by atoms with van der Waals surface area (Å²) < 4.78 is 11.2. The van der Waals surface area contributed by atoms with E-state index in [2.05, 4.69) is 6.07 Å². The molecule has 104 valence electrons. The first-order valence-corrected chi connectivity index (χ1v) is 7.42. The number of furan rings is 1. The summed E-state index contributed by atoms with van der Waals surface area (Å²) in [6.07, 6.45) is 0. The summed E-state index contributed by atoms with van der Waals surface area (Å²) in [5.41, 5.74) is 8.15. The number of fused-ring (bicyclic) bond motifs is 1. The molecule has 0 spiro atoms. The number of methoxy groups -OCH3 is 1. The Bertz CT molecular complexity index is 762. The fourth-order valence-electron chi connectivity index (χ4n) is 2.24. The highest BCUT2D eigenvalue weighted by molar-refractivity contribution is 7.10. The van der Waals surface area contributed by atoms with E-state index in [1.807, 2.05) is 24.4 Å². The third-order valence-electron chi connectivity index (χ3n) is 3.28. The molecule has 0 fully saturated rings. The van der Waals surface area contributed by atoms with Crippen LogP contribution >= 0.6 is 22.9 Å². The molecule has 1 atom stereocenters. The molecule has 3 nitrogen and oxygen atoms in total. The van der Waals surface area contributed by atoms with Gasteiger partial charge in [0.1, 0.15) is 5.76 Å². The van der Waals surface area contributed by atoms with Gasteiger partial charge in [0, 0.05) is 21.4 Å². The fourth-order valence-corrected chi connectivity index (χ4v) is 3.40. The number of benzene rings is 1. The standard InChI is InChI=1S/C15H14ClNO2S/c1-8-3-4-20-15(8)13(17)11-6-9-5-10(16)7-12(18-2)14(9)19-11/h3-7,13H,17H2,1-2H3. The Morgan fingerprint density at radius 3 is 2.80 bits per heavy atom. The minimum absolute atomic E-state index is 0.272. The maximum absolute atomic E-state index is 6.30. The SMILES string of the molecule is COc1cc(Cl)cc2cc(C(N)c3sccc3C)oc12. The molecule has 0 aliphatic carbocycles. The summed E-state index contributed by atoms with van der Waals surface area (Å²) >= 11 is 7.70. The molecule has 3 rings (SSSR count). The lowest BCUT2D eigenvalue weighted by molar-refractivity contribution is 0.406. The Morgan fingerprint density at radius 2 is 2.15 bits per heavy atom. The number of halogens is 1. The number of ether oxygens (including phenoxy) is 1. The van der Waals surface area contributed by atoms with Crippen LogP contribution in [0, 0.1) is 6.92 Å². The maximum Gasteiger partial charge on any atom is 0.176 e. The van der Waals surface area contributed by atoms with Gasteiger partial charge in [-0.15, -0.1) is 11.3 Å². The molecule has 2 N–H and O–H groups in total. The summed E-state index contributed by atoms with van der Waals surface area (Å²) in [6.45, 7) is 2.05. The van der Waals surface area contributed by atoms with E-state index in [1.165, 1.54) is 5.56 Å². The highest BCUT2D eigenvalue weighted by Crippen LogP contribution is 2.36. The zero-order chi connectivity index (χ0) is 14.3. The van der Waals surface area contributed by atoms with Crippen LogP contribution in [0.3, 0.4) is 0 Å². The van der Waals surface area contributed by atoms with Gasteiger partial charge in [0.25, 0.3) is 0 Å². The second-order valence-corrected chi connectivity index (χ2v) is 6.00. The van der Waals surface area contributed by atoms with E-state index in [-0.39, 0.29) is 6.04 Å². The number of hydrogen-bond acceptors (Lipinski definition) is 4. The zero-order valence-corrected chi connectivity index (χ0v) is 12.7. The predicted molar refractivity (Wildman–Crippen MR) is 82.9 cm³/mol. The fraction of sp³-hybridized carbons (Fsp3) is 0.200. The van der Waals surface area contributed by atoms with Crippen molar-refractivity contribution in [2.75, 3.05) is 7.11 Å². The van der Waals surface area contributed by atoms with Gasteiger partial charge in [-0.1, -0.05) is 11.6 Å². The summed E-state index contributed by atoms with van der Waals surface area (Å²) in [5, 5.41) is 3.54. The lowest BCUT2D eigenvalue weighted by Crippen LogP contribution is -2.10. The molecule has 0 bridgehead atoms. The quantitative estimate of drug-likeness (QED) is 0.774. The van der Waals surface area contributed by atoms with Crippen molar-refractivity contribution < 1.29 is 9.15 Å². The lowest BCUT2D eigenvalue weighted by atomic mass is 10.1. The molecule has 5 heteroatoms. The lowest BCUT2D eigenvalue weighted by Gasteiger charge is -2.07. The van der Waals surface area contributed by atoms with Crippen molar-refractivity contribution in [1.29, 1.82) is 0 Å². The van der Waals surface area contributed by atoms with Crippen LogP contribution in [0.1, 0.15) is 22.2 Å². The molecule has 3 aromatic rings. The van der Waals surface area contributed by atoms with Gasteiger partial charge < -0.3 is 14.9 Å². The van der Waals surface area contributed by atoms with Crippen LogP contribution in [0.4, 0.5) is 0 Å². The maximum atomic E-state index is 6.30. The number of nitrogens with two attached hydrogens (primary N) is 1. The topological polar surface area (TPSA) is 48.4 Å². The van der Waals surface area contributed by atoms with Crippen molar-refractivity contribution in [2.45, 2.75) is 13.0 Å². The molecule has 20 heavy (non-hydrogen) atoms. The number of rotatable bonds is 3. The largest absolute Gasteiger partial charge is 0.493 e. The second-order valence-electron chi connectivity index (χ2n) is 4.62. The van der Waals surface area contributed by atoms with Crippen molar-refractivity contribution in [3.05, 3.63) is 50.9 Å². The third-order valence-corrected chi connectivity index (χ3v) is 4.60. The minimum atomic E-state index is -0.272. The number of aryl methyl sites for hydroxylation is 1. The molecule has 1 unspecified atom stereocenters. The Hall–Kier alpha value is -1.49. The van der Waals surface area contributed by atoms with Crippen LogP contribution in [-0.2, 0) is 0 Å². The van der Waals surface area contributed by atoms with Gasteiger partial charge >= 0.3 is 0 Å². The first-order valence-electron chi connectivity index (χ1n) is 6.16. The average molecular weight is 308 g/mol. The Morgan fingerprint density at radius 1 is 1.35 bits per heavy atom. The van der Waals surface area contributed by atoms with Gasteiger partial charge in [-0.05, 0) is 36.1 Å². The highest BCUT2D eigenvalue weighted by atomic mass is 35.5. The van der Waals surface area contributed by atoms with E-state index < -0.39 is 0 Å². The van der Waals surface area contributed by atoms with Crippen molar-refractivity contribution in [3.8, 4) is 5.75 Å². The van der Waals surface area contributed by atoms with Gasteiger partial charge in [0.05, 0.1) is 13.2 Å². The van der Waals surface area contributed by atoms with Crippen molar-refractivity contribution >= 4 is 33.9 Å². The third kappa shape index (κ3) is 2.20. The molecule has 0 saturated heterocycles. The van der Waals surface area contributed by atoms with E-state index >= 15 is 0 Å². The van der Waals surface area contributed by atoms with Gasteiger partial charge in [-0.2, -0.15) is 0 Å². The number of thiophene rings is 1. The molecule has 0 saturated carbocycles. The summed E-state index contributed by atoms with van der Waals surface area (Å²) in [6, 6.07) is 7.29. The van der Waals surface area contributed by atoms with Crippen LogP contribution in [0.15, 0.2) is 34.1 Å². The van der Waals surface area contributed by atoms with Gasteiger partial charge in [0.15, 0.2) is 11.3 Å². The van der Waals surface area contributed by atoms with Gasteiger partial charge in [0.2, 0.25) is 0 Å². The summed E-state index contributed by atoms with van der Waals surface area (Å²) in [5.74, 6) is 1.33. The van der Waals surface area contributed by atoms with E-state index in [1.54, 1.807) is 24.5 Å². The monoisotopic (exact) mass is 307 g/mol. The normalized spacial score (nSPS) is 12.8. The summed E-state index contributed by atoms with van der Waals surface area (Å²) in [7, 11) is 1.59. The Labute approximate surface area is 125 Å². The van der Waals surface area contributed by atoms with E-state index in [0.717, 1.165) is 10.3 Å². The van der Waals surface area contributed by atoms with Crippen molar-refractivity contribution in [1.82, 2.24) is 0 Å². The summed E-state index contributed by atoms with van der Waals surface area (Å²) in [4.78, 5) is 1.11. The van der Waals surface area contributed by atoms with Crippen LogP contribution in [0.2, 0.25) is 5.02 Å². The molecule has 0 amide bonds. The van der Waals surface area contributed by atoms with Gasteiger partial charge in [-0.3, -0.25) is 0 Å². The molecule has 0 radical (unpaired) electrons. The van der Waals surface area contributed by atoms with Crippen LogP contribution in [-0.4, -0.2) is 7.11 Å². The second kappa shape index (κ2) is 5.13. The Balaban J connectivity index is 2.11. The molecule has 0 aliphatic rings. The zero-order valence-electron chi connectivity index (χ0n) is 11.1. The molecule has 0 aliphatic heterocycles. The van der Waals surface area contributed by atoms with Crippen LogP contribution < -0.4 is 10.5 Å². The molecular weight excluding hydrogens is 294 g/mol. The minimum Gasteiger partial charge on any atom is -0.493 e. The van der Waals surface area contributed by atoms with E-state index in [9.17, 15) is 0 Å². The number of hydrogen-bond donors (Lipinski definition) is 1. The predicted octanol–water partition coefficient (Wildman–Crippen LogP) is 4.51. The molecular formula is C15H14ClNO2S. The smallest absolute Gasteiger partial charge is 0.176 e. The average Bonchev–Trinajstić information content (AvgIpc) is 3.02. The van der Waals surface area contributed by atoms with Crippen LogP contribution in [0.25, 0.3) is 11.0 Å². The first-order chi connectivity index (χ1) is 9.60. The first kappa shape index (κ1) is 13.5. The van der Waals surface area contributed by atoms with Crippen LogP contribution in [0.5, 0.6) is 5.75 Å². The molecule has 1 aromatic carbocycles. The van der Waals surface area contributed by atoms with Crippen molar-refractivity contribution in [3.63, 3.8) is 0 Å². The van der Waals surface area contributed by atoms with E-state index in [4.69, 9.17) is 26.5 Å². The Kier molecular flexibility index (Phi) is 3.46. The van der Waals surface area contributed by atoms with E-state index in [0.29, 0.717) is 22.1 Å². The van der Waals surface area contributed by atoms with Gasteiger partial charge in [-0.25, -0.2) is 0 Å². The molecule has 2 aromatic heterocycles. The van der Waals surface area contributed by atoms with Crippen molar-refractivity contribution in [2.24, 2.45) is 5.73 Å². The molecule has 2 heterocycles. The highest BCUT2D eigenvalue weighted by Gasteiger charge is 2.19.